The molecule has 1 aliphatic heterocycles. The SMILES string of the molecule is O=S(=O)(Nc1cnc(N2CCN(c3ccccc3)CC2)nc1)c1ccccc1. The molecule has 1 fully saturated rings. The van der Waals surface area contributed by atoms with Gasteiger partial charge < -0.3 is 9.80 Å². The lowest BCUT2D eigenvalue weighted by Gasteiger charge is -2.36. The van der Waals surface area contributed by atoms with Crippen molar-refractivity contribution in [1.29, 1.82) is 0 Å². The Morgan fingerprint density at radius 1 is 0.750 bits per heavy atom. The van der Waals surface area contributed by atoms with E-state index in [0.717, 1.165) is 26.2 Å². The number of hydrogen-bond acceptors (Lipinski definition) is 6. The molecule has 2 heterocycles. The number of benzene rings is 2. The normalized spacial score (nSPS) is 14.7. The number of nitrogens with zero attached hydrogens (tertiary/aromatic N) is 4. The van der Waals surface area contributed by atoms with Gasteiger partial charge in [0.2, 0.25) is 5.95 Å². The molecule has 0 bridgehead atoms. The van der Waals surface area contributed by atoms with Crippen LogP contribution >= 0.6 is 0 Å². The Bertz CT molecular complexity index is 1000. The lowest BCUT2D eigenvalue weighted by Crippen LogP contribution is -2.47. The monoisotopic (exact) mass is 395 g/mol. The van der Waals surface area contributed by atoms with Gasteiger partial charge in [0.05, 0.1) is 23.0 Å². The third-order valence-corrected chi connectivity index (χ3v) is 6.02. The Kier molecular flexibility index (Phi) is 5.12. The Labute approximate surface area is 164 Å². The van der Waals surface area contributed by atoms with Crippen LogP contribution < -0.4 is 14.5 Å². The average Bonchev–Trinajstić information content (AvgIpc) is 2.75. The minimum atomic E-state index is -3.64. The van der Waals surface area contributed by atoms with Gasteiger partial charge in [-0.05, 0) is 24.3 Å². The van der Waals surface area contributed by atoms with E-state index in [2.05, 4.69) is 36.6 Å². The van der Waals surface area contributed by atoms with Gasteiger partial charge in [-0.2, -0.15) is 0 Å². The van der Waals surface area contributed by atoms with Gasteiger partial charge >= 0.3 is 0 Å². The fourth-order valence-corrected chi connectivity index (χ4v) is 4.20. The molecule has 0 aliphatic carbocycles. The van der Waals surface area contributed by atoms with Crippen LogP contribution in [-0.2, 0) is 10.0 Å². The van der Waals surface area contributed by atoms with Gasteiger partial charge in [-0.15, -0.1) is 0 Å². The van der Waals surface area contributed by atoms with E-state index in [1.807, 2.05) is 18.2 Å². The first-order valence-corrected chi connectivity index (χ1v) is 10.5. The second-order valence-electron chi connectivity index (χ2n) is 6.50. The number of aromatic nitrogens is 2. The number of sulfonamides is 1. The molecule has 2 aromatic carbocycles. The number of para-hydroxylation sites is 1. The van der Waals surface area contributed by atoms with Gasteiger partial charge in [0.15, 0.2) is 0 Å². The van der Waals surface area contributed by atoms with Crippen LogP contribution in [-0.4, -0.2) is 44.6 Å². The molecule has 1 saturated heterocycles. The van der Waals surface area contributed by atoms with Gasteiger partial charge in [-0.1, -0.05) is 36.4 Å². The summed E-state index contributed by atoms with van der Waals surface area (Å²) in [5.41, 5.74) is 1.56. The molecule has 1 aliphatic rings. The standard InChI is InChI=1S/C20H21N5O2S/c26-28(27,19-9-5-2-6-10-19)23-17-15-21-20(22-16-17)25-13-11-24(12-14-25)18-7-3-1-4-8-18/h1-10,15-16,23H,11-14H2. The highest BCUT2D eigenvalue weighted by atomic mass is 32.2. The van der Waals surface area contributed by atoms with E-state index in [9.17, 15) is 8.42 Å². The molecule has 0 saturated carbocycles. The average molecular weight is 395 g/mol. The fourth-order valence-electron chi connectivity index (χ4n) is 3.15. The lowest BCUT2D eigenvalue weighted by atomic mass is 10.2. The van der Waals surface area contributed by atoms with Gasteiger partial charge in [0.1, 0.15) is 0 Å². The predicted octanol–water partition coefficient (Wildman–Crippen LogP) is 2.60. The molecule has 8 heteroatoms. The van der Waals surface area contributed by atoms with Crippen LogP contribution in [0.3, 0.4) is 0 Å². The van der Waals surface area contributed by atoms with Crippen LogP contribution in [0.4, 0.5) is 17.3 Å². The van der Waals surface area contributed by atoms with E-state index in [1.165, 1.54) is 18.1 Å². The van der Waals surface area contributed by atoms with Gasteiger partial charge in [-0.25, -0.2) is 18.4 Å². The largest absolute Gasteiger partial charge is 0.368 e. The van der Waals surface area contributed by atoms with E-state index in [-0.39, 0.29) is 4.90 Å². The zero-order valence-electron chi connectivity index (χ0n) is 15.3. The molecule has 0 unspecified atom stereocenters. The van der Waals surface area contributed by atoms with Crippen molar-refractivity contribution in [2.75, 3.05) is 40.7 Å². The number of nitrogens with one attached hydrogen (secondary N) is 1. The van der Waals surface area contributed by atoms with Crippen LogP contribution in [0.5, 0.6) is 0 Å². The third kappa shape index (κ3) is 4.07. The molecule has 1 aromatic heterocycles. The highest BCUT2D eigenvalue weighted by Gasteiger charge is 2.20. The summed E-state index contributed by atoms with van der Waals surface area (Å²) in [6.07, 6.45) is 3.01. The molecular weight excluding hydrogens is 374 g/mol. The molecule has 0 amide bonds. The van der Waals surface area contributed by atoms with Crippen molar-refractivity contribution >= 4 is 27.3 Å². The first-order chi connectivity index (χ1) is 13.6. The number of hydrogen-bond donors (Lipinski definition) is 1. The highest BCUT2D eigenvalue weighted by molar-refractivity contribution is 7.92. The Balaban J connectivity index is 1.39. The summed E-state index contributed by atoms with van der Waals surface area (Å²) in [4.78, 5) is 13.3. The predicted molar refractivity (Wildman–Crippen MR) is 110 cm³/mol. The van der Waals surface area contributed by atoms with Crippen molar-refractivity contribution in [1.82, 2.24) is 9.97 Å². The molecule has 144 valence electrons. The molecule has 3 aromatic rings. The van der Waals surface area contributed by atoms with Crippen molar-refractivity contribution in [2.45, 2.75) is 4.90 Å². The van der Waals surface area contributed by atoms with E-state index in [4.69, 9.17) is 0 Å². The third-order valence-electron chi connectivity index (χ3n) is 4.63. The molecule has 4 rings (SSSR count). The number of anilines is 3. The molecule has 7 nitrogen and oxygen atoms in total. The van der Waals surface area contributed by atoms with Gasteiger partial charge in [-0.3, -0.25) is 4.72 Å². The first-order valence-electron chi connectivity index (χ1n) is 9.07. The summed E-state index contributed by atoms with van der Waals surface area (Å²) < 4.78 is 27.3. The first kappa shape index (κ1) is 18.2. The smallest absolute Gasteiger partial charge is 0.261 e. The second-order valence-corrected chi connectivity index (χ2v) is 8.18. The van der Waals surface area contributed by atoms with Crippen molar-refractivity contribution in [2.24, 2.45) is 0 Å². The molecular formula is C20H21N5O2S. The zero-order chi connectivity index (χ0) is 19.4. The summed E-state index contributed by atoms with van der Waals surface area (Å²) >= 11 is 0. The molecule has 0 atom stereocenters. The maximum absolute atomic E-state index is 12.4. The maximum Gasteiger partial charge on any atom is 0.261 e. The Morgan fingerprint density at radius 3 is 1.89 bits per heavy atom. The lowest BCUT2D eigenvalue weighted by molar-refractivity contribution is 0.601. The second kappa shape index (κ2) is 7.85. The minimum Gasteiger partial charge on any atom is -0.368 e. The van der Waals surface area contributed by atoms with Crippen molar-refractivity contribution in [3.8, 4) is 0 Å². The van der Waals surface area contributed by atoms with Gasteiger partial charge in [0.25, 0.3) is 10.0 Å². The highest BCUT2D eigenvalue weighted by Crippen LogP contribution is 2.19. The van der Waals surface area contributed by atoms with Crippen molar-refractivity contribution in [3.05, 3.63) is 73.1 Å². The Hall–Kier alpha value is -3.13. The summed E-state index contributed by atoms with van der Waals surface area (Å²) in [7, 11) is -3.64. The number of rotatable bonds is 5. The van der Waals surface area contributed by atoms with Crippen LogP contribution in [0.15, 0.2) is 78.0 Å². The minimum absolute atomic E-state index is 0.205. The van der Waals surface area contributed by atoms with E-state index >= 15 is 0 Å². The van der Waals surface area contributed by atoms with Crippen LogP contribution in [0.1, 0.15) is 0 Å². The maximum atomic E-state index is 12.4. The summed E-state index contributed by atoms with van der Waals surface area (Å²) in [6, 6.07) is 18.6. The van der Waals surface area contributed by atoms with E-state index < -0.39 is 10.0 Å². The van der Waals surface area contributed by atoms with E-state index in [0.29, 0.717) is 11.6 Å². The molecule has 0 spiro atoms. The molecule has 0 radical (unpaired) electrons. The Morgan fingerprint density at radius 2 is 1.29 bits per heavy atom. The molecule has 1 N–H and O–H groups in total. The summed E-state index contributed by atoms with van der Waals surface area (Å²) in [5.74, 6) is 0.607. The topological polar surface area (TPSA) is 78.4 Å². The fraction of sp³-hybridized carbons (Fsp3) is 0.200. The molecule has 28 heavy (non-hydrogen) atoms. The van der Waals surface area contributed by atoms with Crippen LogP contribution in [0.2, 0.25) is 0 Å². The summed E-state index contributed by atoms with van der Waals surface area (Å²) in [6.45, 7) is 3.39. The van der Waals surface area contributed by atoms with E-state index in [1.54, 1.807) is 30.3 Å². The van der Waals surface area contributed by atoms with Crippen LogP contribution in [0, 0.1) is 0 Å². The van der Waals surface area contributed by atoms with Crippen molar-refractivity contribution in [3.63, 3.8) is 0 Å². The zero-order valence-corrected chi connectivity index (χ0v) is 16.1. The summed E-state index contributed by atoms with van der Waals surface area (Å²) in [5, 5.41) is 0. The quantitative estimate of drug-likeness (QED) is 0.715. The van der Waals surface area contributed by atoms with Crippen molar-refractivity contribution < 1.29 is 8.42 Å². The van der Waals surface area contributed by atoms with Gasteiger partial charge in [0, 0.05) is 31.9 Å². The van der Waals surface area contributed by atoms with Crippen LogP contribution in [0.25, 0.3) is 0 Å². The number of piperazine rings is 1.